The zero-order chi connectivity index (χ0) is 18.7. The van der Waals surface area contributed by atoms with E-state index >= 15 is 0 Å². The maximum absolute atomic E-state index is 12.3. The van der Waals surface area contributed by atoms with Crippen molar-refractivity contribution in [1.82, 2.24) is 9.78 Å². The van der Waals surface area contributed by atoms with Crippen LogP contribution in [0.5, 0.6) is 5.75 Å². The van der Waals surface area contributed by atoms with Crippen molar-refractivity contribution in [2.24, 2.45) is 0 Å². The summed E-state index contributed by atoms with van der Waals surface area (Å²) >= 11 is 1.57. The predicted molar refractivity (Wildman–Crippen MR) is 93.6 cm³/mol. The van der Waals surface area contributed by atoms with Gasteiger partial charge in [0, 0.05) is 10.9 Å². The maximum atomic E-state index is 12.3. The first-order chi connectivity index (χ1) is 12.3. The van der Waals surface area contributed by atoms with E-state index in [0.29, 0.717) is 11.3 Å². The molecule has 0 aliphatic carbocycles. The molecular weight excluding hydrogens is 365 g/mol. The Hall–Kier alpha value is -2.61. The summed E-state index contributed by atoms with van der Waals surface area (Å²) in [4.78, 5) is 14.2. The quantitative estimate of drug-likeness (QED) is 0.664. The van der Waals surface area contributed by atoms with E-state index in [1.54, 1.807) is 29.5 Å². The van der Waals surface area contributed by atoms with E-state index in [1.165, 1.54) is 22.9 Å². The van der Waals surface area contributed by atoms with Gasteiger partial charge in [0.05, 0.1) is 11.4 Å². The van der Waals surface area contributed by atoms with Gasteiger partial charge in [-0.05, 0) is 42.8 Å². The van der Waals surface area contributed by atoms with Crippen LogP contribution in [-0.2, 0) is 6.54 Å². The van der Waals surface area contributed by atoms with Crippen LogP contribution in [0.3, 0.4) is 0 Å². The number of thiophene rings is 1. The van der Waals surface area contributed by atoms with E-state index in [2.05, 4.69) is 5.10 Å². The Morgan fingerprint density at radius 3 is 2.65 bits per heavy atom. The number of ether oxygens (including phenoxy) is 1. The normalized spacial score (nSPS) is 11.5. The fourth-order valence-corrected chi connectivity index (χ4v) is 3.17. The molecule has 2 heterocycles. The highest BCUT2D eigenvalue weighted by molar-refractivity contribution is 7.15. The first-order valence-electron chi connectivity index (χ1n) is 7.74. The van der Waals surface area contributed by atoms with Gasteiger partial charge in [-0.25, -0.2) is 4.68 Å². The molecule has 0 saturated heterocycles. The lowest BCUT2D eigenvalue weighted by atomic mass is 10.2. The van der Waals surface area contributed by atoms with Gasteiger partial charge in [0.15, 0.2) is 6.61 Å². The first kappa shape index (κ1) is 18.2. The monoisotopic (exact) mass is 380 g/mol. The van der Waals surface area contributed by atoms with E-state index < -0.39 is 12.8 Å². The molecule has 0 saturated carbocycles. The minimum absolute atomic E-state index is 0.0953. The van der Waals surface area contributed by atoms with Crippen LogP contribution >= 0.6 is 11.3 Å². The fraction of sp³-hybridized carbons (Fsp3) is 0.222. The number of aryl methyl sites for hydroxylation is 1. The lowest BCUT2D eigenvalue weighted by Gasteiger charge is -2.11. The molecular formula is C18H15F3N2O2S. The van der Waals surface area contributed by atoms with E-state index in [1.807, 2.05) is 19.1 Å². The van der Waals surface area contributed by atoms with Crippen molar-refractivity contribution < 1.29 is 17.9 Å². The Balaban J connectivity index is 1.81. The lowest BCUT2D eigenvalue weighted by molar-refractivity contribution is -0.153. The molecule has 8 heteroatoms. The van der Waals surface area contributed by atoms with Gasteiger partial charge in [-0.15, -0.1) is 11.3 Å². The zero-order valence-electron chi connectivity index (χ0n) is 13.8. The summed E-state index contributed by atoms with van der Waals surface area (Å²) in [6, 6.07) is 13.2. The number of halogens is 3. The SMILES string of the molecule is Cc1ccc(-c2ccc(=O)n(Cc3cccc(OCC(F)(F)F)c3)n2)s1. The maximum Gasteiger partial charge on any atom is 0.422 e. The van der Waals surface area contributed by atoms with E-state index in [9.17, 15) is 18.0 Å². The predicted octanol–water partition coefficient (Wildman–Crippen LogP) is 4.27. The van der Waals surface area contributed by atoms with Crippen LogP contribution in [0.4, 0.5) is 13.2 Å². The van der Waals surface area contributed by atoms with Crippen LogP contribution in [0.25, 0.3) is 10.6 Å². The number of hydrogen-bond donors (Lipinski definition) is 0. The highest BCUT2D eigenvalue weighted by Gasteiger charge is 2.28. The van der Waals surface area contributed by atoms with Gasteiger partial charge in [-0.1, -0.05) is 12.1 Å². The van der Waals surface area contributed by atoms with Crippen molar-refractivity contribution in [3.63, 3.8) is 0 Å². The topological polar surface area (TPSA) is 44.1 Å². The third-order valence-corrected chi connectivity index (χ3v) is 4.52. The molecule has 0 amide bonds. The summed E-state index contributed by atoms with van der Waals surface area (Å²) in [5.74, 6) is 0.0953. The zero-order valence-corrected chi connectivity index (χ0v) is 14.6. The lowest BCUT2D eigenvalue weighted by Crippen LogP contribution is -2.23. The Bertz CT molecular complexity index is 963. The van der Waals surface area contributed by atoms with Crippen molar-refractivity contribution in [2.45, 2.75) is 19.6 Å². The number of aromatic nitrogens is 2. The second kappa shape index (κ2) is 7.33. The molecule has 2 aromatic heterocycles. The van der Waals surface area contributed by atoms with Crippen LogP contribution in [0.1, 0.15) is 10.4 Å². The minimum atomic E-state index is -4.40. The third kappa shape index (κ3) is 4.72. The molecule has 136 valence electrons. The van der Waals surface area contributed by atoms with Gasteiger partial charge in [-0.3, -0.25) is 4.79 Å². The molecule has 0 unspecified atom stereocenters. The van der Waals surface area contributed by atoms with Gasteiger partial charge in [-0.2, -0.15) is 18.3 Å². The second-order valence-corrected chi connectivity index (χ2v) is 6.96. The van der Waals surface area contributed by atoms with E-state index in [-0.39, 0.29) is 17.9 Å². The summed E-state index contributed by atoms with van der Waals surface area (Å²) in [5, 5.41) is 4.36. The van der Waals surface area contributed by atoms with Gasteiger partial charge < -0.3 is 4.74 Å². The number of rotatable bonds is 5. The molecule has 0 atom stereocenters. The molecule has 0 N–H and O–H groups in total. The molecule has 0 spiro atoms. The second-order valence-electron chi connectivity index (χ2n) is 5.68. The molecule has 0 radical (unpaired) electrons. The molecule has 0 bridgehead atoms. The van der Waals surface area contributed by atoms with Crippen molar-refractivity contribution >= 4 is 11.3 Å². The Morgan fingerprint density at radius 1 is 1.15 bits per heavy atom. The summed E-state index contributed by atoms with van der Waals surface area (Å²) in [7, 11) is 0. The van der Waals surface area contributed by atoms with Crippen molar-refractivity contribution in [3.05, 3.63) is 69.3 Å². The molecule has 0 aliphatic rings. The van der Waals surface area contributed by atoms with Crippen LogP contribution in [0.15, 0.2) is 53.3 Å². The van der Waals surface area contributed by atoms with Gasteiger partial charge >= 0.3 is 6.18 Å². The molecule has 3 aromatic rings. The van der Waals surface area contributed by atoms with Gasteiger partial charge in [0.2, 0.25) is 0 Å². The smallest absolute Gasteiger partial charge is 0.422 e. The summed E-state index contributed by atoms with van der Waals surface area (Å²) in [6.07, 6.45) is -4.40. The third-order valence-electron chi connectivity index (χ3n) is 3.49. The van der Waals surface area contributed by atoms with Crippen LogP contribution in [-0.4, -0.2) is 22.6 Å². The molecule has 1 aromatic carbocycles. The standard InChI is InChI=1S/C18H15F3N2O2S/c1-12-5-7-16(26-12)15-6-8-17(24)23(22-15)10-13-3-2-4-14(9-13)25-11-18(19,20)21/h2-9H,10-11H2,1H3. The van der Waals surface area contributed by atoms with Crippen LogP contribution in [0, 0.1) is 6.92 Å². The summed E-state index contributed by atoms with van der Waals surface area (Å²) < 4.78 is 42.8. The number of alkyl halides is 3. The molecule has 26 heavy (non-hydrogen) atoms. The van der Waals surface area contributed by atoms with Crippen LogP contribution in [0.2, 0.25) is 0 Å². The fourth-order valence-electron chi connectivity index (χ4n) is 2.34. The molecule has 4 nitrogen and oxygen atoms in total. The van der Waals surface area contributed by atoms with Crippen molar-refractivity contribution in [1.29, 1.82) is 0 Å². The Labute approximate surface area is 151 Å². The highest BCUT2D eigenvalue weighted by Crippen LogP contribution is 2.25. The van der Waals surface area contributed by atoms with Crippen LogP contribution < -0.4 is 10.3 Å². The largest absolute Gasteiger partial charge is 0.484 e. The number of nitrogens with zero attached hydrogens (tertiary/aromatic N) is 2. The Morgan fingerprint density at radius 2 is 1.96 bits per heavy atom. The summed E-state index contributed by atoms with van der Waals surface area (Å²) in [5.41, 5.74) is 1.01. The Kier molecular flexibility index (Phi) is 5.13. The van der Waals surface area contributed by atoms with Crippen molar-refractivity contribution in [3.8, 4) is 16.3 Å². The van der Waals surface area contributed by atoms with Gasteiger partial charge in [0.25, 0.3) is 5.56 Å². The average molecular weight is 380 g/mol. The molecule has 0 fully saturated rings. The molecule has 0 aliphatic heterocycles. The van der Waals surface area contributed by atoms with E-state index in [0.717, 1.165) is 9.75 Å². The van der Waals surface area contributed by atoms with E-state index in [4.69, 9.17) is 4.74 Å². The number of benzene rings is 1. The molecule has 3 rings (SSSR count). The van der Waals surface area contributed by atoms with Crippen molar-refractivity contribution in [2.75, 3.05) is 6.61 Å². The summed E-state index contributed by atoms with van der Waals surface area (Å²) in [6.45, 7) is 0.763. The average Bonchev–Trinajstić information content (AvgIpc) is 3.01. The number of hydrogen-bond acceptors (Lipinski definition) is 4. The van der Waals surface area contributed by atoms with Gasteiger partial charge in [0.1, 0.15) is 11.4 Å². The minimum Gasteiger partial charge on any atom is -0.484 e. The first-order valence-corrected chi connectivity index (χ1v) is 8.55. The highest BCUT2D eigenvalue weighted by atomic mass is 32.1.